The Kier molecular flexibility index (Phi) is 1.84. The number of H-pyrrole nitrogens is 1. The van der Waals surface area contributed by atoms with Gasteiger partial charge in [-0.05, 0) is 50.6 Å². The molecule has 0 aliphatic carbocycles. The highest BCUT2D eigenvalue weighted by atomic mass is 32.2. The number of fused-ring (bicyclic) bond motifs is 1. The van der Waals surface area contributed by atoms with E-state index in [2.05, 4.69) is 0 Å². The van der Waals surface area contributed by atoms with Crippen molar-refractivity contribution in [3.63, 3.8) is 0 Å². The molecule has 0 amide bonds. The second-order valence-electron chi connectivity index (χ2n) is 4.30. The van der Waals surface area contributed by atoms with Crippen molar-refractivity contribution in [2.45, 2.75) is 12.1 Å². The van der Waals surface area contributed by atoms with E-state index >= 15 is 0 Å². The molecular formula is C14H21N3O2S. The minimum absolute atomic E-state index is 0.0147. The summed E-state index contributed by atoms with van der Waals surface area (Å²) in [6.07, 6.45) is -2.92. The van der Waals surface area contributed by atoms with E-state index in [1.54, 1.807) is 0 Å². The zero-order valence-electron chi connectivity index (χ0n) is 21.7. The van der Waals surface area contributed by atoms with Crippen molar-refractivity contribution < 1.29 is 23.6 Å². The van der Waals surface area contributed by atoms with Gasteiger partial charge >= 0.3 is 0 Å². The molecule has 110 valence electrons. The van der Waals surface area contributed by atoms with Gasteiger partial charge in [0.25, 0.3) is 0 Å². The lowest BCUT2D eigenvalue weighted by atomic mass is 10.1. The molecule has 2 rings (SSSR count). The number of aromatic amines is 1. The Hall–Kier alpha value is -1.37. The van der Waals surface area contributed by atoms with Crippen LogP contribution in [0.1, 0.15) is 23.5 Å². The van der Waals surface area contributed by atoms with Crippen LogP contribution < -0.4 is 4.72 Å². The largest absolute Gasteiger partial charge is 0.361 e. The summed E-state index contributed by atoms with van der Waals surface area (Å²) in [5, 5.41) is 0.0158. The third-order valence-corrected chi connectivity index (χ3v) is 3.58. The van der Waals surface area contributed by atoms with E-state index in [-0.39, 0.29) is 22.0 Å². The minimum atomic E-state index is -4.57. The fourth-order valence-corrected chi connectivity index (χ4v) is 2.39. The highest BCUT2D eigenvalue weighted by Gasteiger charge is 2.11. The van der Waals surface area contributed by atoms with Gasteiger partial charge in [0.1, 0.15) is 1.41 Å². The smallest absolute Gasteiger partial charge is 0.215 e. The lowest BCUT2D eigenvalue weighted by molar-refractivity contribution is 0.414. The number of nitrogens with zero attached hydrogens (tertiary/aromatic N) is 1. The van der Waals surface area contributed by atoms with Crippen LogP contribution in [0.3, 0.4) is 0 Å². The summed E-state index contributed by atoms with van der Waals surface area (Å²) in [5.74, 6) is -0.876. The Morgan fingerprint density at radius 2 is 2.50 bits per heavy atom. The lowest BCUT2D eigenvalue weighted by Gasteiger charge is -2.08. The molecule has 20 heavy (non-hydrogen) atoms. The van der Waals surface area contributed by atoms with Gasteiger partial charge < -0.3 is 9.88 Å². The van der Waals surface area contributed by atoms with Gasteiger partial charge in [0.15, 0.2) is 1.41 Å². The first-order chi connectivity index (χ1) is 13.8. The number of aromatic nitrogens is 1. The van der Waals surface area contributed by atoms with Crippen LogP contribution in [0.15, 0.2) is 24.4 Å². The van der Waals surface area contributed by atoms with Crippen LogP contribution in [-0.4, -0.2) is 45.8 Å². The Balaban J connectivity index is 2.57. The van der Waals surface area contributed by atoms with Crippen molar-refractivity contribution in [2.24, 2.45) is 0 Å². The first-order valence-electron chi connectivity index (χ1n) is 11.1. The predicted octanol–water partition coefficient (Wildman–Crippen LogP) is 1.32. The molecule has 0 atom stereocenters. The van der Waals surface area contributed by atoms with Crippen molar-refractivity contribution in [2.75, 3.05) is 27.5 Å². The maximum absolute atomic E-state index is 12.2. The summed E-state index contributed by atoms with van der Waals surface area (Å²) >= 11 is 0. The van der Waals surface area contributed by atoms with Crippen LogP contribution in [0.4, 0.5) is 0 Å². The molecule has 1 heterocycles. The van der Waals surface area contributed by atoms with Crippen LogP contribution in [0.5, 0.6) is 0 Å². The van der Waals surface area contributed by atoms with Gasteiger partial charge in [0.05, 0.1) is 7.12 Å². The number of sulfonamides is 1. The number of rotatable bonds is 6. The van der Waals surface area contributed by atoms with Gasteiger partial charge in [0.2, 0.25) is 10.0 Å². The van der Waals surface area contributed by atoms with Gasteiger partial charge in [0, 0.05) is 34.6 Å². The SMILES string of the molecule is [2H]c1c(C([2H])([2H])CN(C)C([2H])([2H])[2H])c2cc(CS(=O)(=O)N([2H])C([2H])([2H])[2H])ccc2n1[2H]. The predicted molar refractivity (Wildman–Crippen MR) is 82.2 cm³/mol. The van der Waals surface area contributed by atoms with Crippen molar-refractivity contribution in [1.82, 2.24) is 14.6 Å². The molecule has 1 aromatic heterocycles. The monoisotopic (exact) mass is 306 g/mol. The number of likely N-dealkylation sites (N-methyl/N-ethyl adjacent to an activating group) is 1. The Morgan fingerprint density at radius 1 is 1.65 bits per heavy atom. The summed E-state index contributed by atoms with van der Waals surface area (Å²) in [6.45, 7) is -6.43. The van der Waals surface area contributed by atoms with Crippen molar-refractivity contribution in [3.05, 3.63) is 35.5 Å². The molecule has 0 radical (unpaired) electrons. The molecule has 0 saturated heterocycles. The van der Waals surface area contributed by atoms with E-state index in [0.29, 0.717) is 4.98 Å². The van der Waals surface area contributed by atoms with Gasteiger partial charge in [-0.15, -0.1) is 0 Å². The lowest BCUT2D eigenvalue weighted by Crippen LogP contribution is -2.20. The zero-order valence-corrected chi connectivity index (χ0v) is 11.5. The van der Waals surface area contributed by atoms with Gasteiger partial charge in [-0.2, -0.15) is 0 Å². The standard InChI is InChI=1S/C14H21N3O2S/c1-15-20(18,19)10-11-4-5-14-13(8-11)12(9-16-14)6-7-17(2)3/h4-5,8-9,15-16H,6-7,10H2,1-3H3/i1D3,2D3,6D2,9D/hD2. The second kappa shape index (κ2) is 5.95. The average Bonchev–Trinajstić information content (AvgIpc) is 2.82. The molecule has 0 aliphatic heterocycles. The quantitative estimate of drug-likeness (QED) is 0.846. The van der Waals surface area contributed by atoms with Gasteiger partial charge in [-0.3, -0.25) is 0 Å². The van der Waals surface area contributed by atoms with Crippen LogP contribution in [0, 0.1) is 0 Å². The topological polar surface area (TPSA) is 65.2 Å². The maximum atomic E-state index is 12.2. The van der Waals surface area contributed by atoms with Crippen molar-refractivity contribution >= 4 is 20.9 Å². The molecule has 0 spiro atoms. The first-order valence-corrected chi connectivity index (χ1v) is 7.27. The molecule has 1 aromatic carbocycles. The molecule has 5 nitrogen and oxygen atoms in total. The van der Waals surface area contributed by atoms with Gasteiger partial charge in [-0.1, -0.05) is 6.07 Å². The number of benzene rings is 1. The summed E-state index contributed by atoms with van der Waals surface area (Å²) in [7, 11) is -3.38. The Morgan fingerprint density at radius 3 is 3.25 bits per heavy atom. The summed E-state index contributed by atoms with van der Waals surface area (Å²) in [4.78, 5) is 1.41. The summed E-state index contributed by atoms with van der Waals surface area (Å²) in [5.41, 5.74) is -0.202. The van der Waals surface area contributed by atoms with Crippen LogP contribution in [-0.2, 0) is 22.1 Å². The minimum Gasteiger partial charge on any atom is -0.361 e. The molecule has 0 bridgehead atoms. The van der Waals surface area contributed by atoms with E-state index in [0.717, 1.165) is 4.90 Å². The molecule has 0 saturated carbocycles. The van der Waals surface area contributed by atoms with E-state index in [1.165, 1.54) is 25.2 Å². The second-order valence-corrected chi connectivity index (χ2v) is 5.94. The Bertz CT molecular complexity index is 1080. The van der Waals surface area contributed by atoms with E-state index < -0.39 is 53.5 Å². The fourth-order valence-electron chi connectivity index (χ4n) is 1.72. The molecule has 0 fully saturated rings. The molecule has 0 unspecified atom stereocenters. The van der Waals surface area contributed by atoms with E-state index in [4.69, 9.17) is 15.2 Å². The zero-order chi connectivity index (χ0) is 24.2. The molecule has 2 aromatic rings. The van der Waals surface area contributed by atoms with Crippen molar-refractivity contribution in [3.8, 4) is 0 Å². The normalized spacial score (nSPS) is 22.6. The summed E-state index contributed by atoms with van der Waals surface area (Å²) in [6, 6.07) is 3.75. The summed E-state index contributed by atoms with van der Waals surface area (Å²) < 4.78 is 108. The Labute approximate surface area is 135 Å². The van der Waals surface area contributed by atoms with Crippen LogP contribution in [0.25, 0.3) is 10.9 Å². The van der Waals surface area contributed by atoms with Crippen molar-refractivity contribution in [1.29, 1.82) is 0 Å². The molecule has 2 N–H and O–H groups in total. The number of nitrogens with one attached hydrogen (secondary N) is 2. The molecule has 6 heteroatoms. The third kappa shape index (κ3) is 3.59. The maximum Gasteiger partial charge on any atom is 0.215 e. The highest BCUT2D eigenvalue weighted by Crippen LogP contribution is 2.21. The molecule has 0 aliphatic rings. The average molecular weight is 306 g/mol. The first kappa shape index (κ1) is 6.17. The number of hydrogen-bond donors (Lipinski definition) is 2. The number of hydrogen-bond acceptors (Lipinski definition) is 3. The molecular weight excluding hydrogens is 274 g/mol. The highest BCUT2D eigenvalue weighted by molar-refractivity contribution is 7.88. The van der Waals surface area contributed by atoms with E-state index in [9.17, 15) is 8.42 Å². The third-order valence-electron chi connectivity index (χ3n) is 2.60. The van der Waals surface area contributed by atoms with Crippen LogP contribution >= 0.6 is 0 Å². The van der Waals surface area contributed by atoms with Gasteiger partial charge in [-0.25, -0.2) is 13.1 Å². The van der Waals surface area contributed by atoms with Crippen LogP contribution in [0.2, 0.25) is 2.82 Å². The van der Waals surface area contributed by atoms with E-state index in [1.807, 2.05) is 0 Å². The fraction of sp³-hybridized carbons (Fsp3) is 0.429.